The van der Waals surface area contributed by atoms with E-state index >= 15 is 0 Å². The Labute approximate surface area is 132 Å². The Morgan fingerprint density at radius 3 is 2.91 bits per heavy atom. The summed E-state index contributed by atoms with van der Waals surface area (Å²) in [5, 5.41) is 6.53. The molecule has 1 aromatic carbocycles. The highest BCUT2D eigenvalue weighted by molar-refractivity contribution is 5.78. The van der Waals surface area contributed by atoms with Gasteiger partial charge in [-0.05, 0) is 38.1 Å². The molecule has 5 heteroatoms. The van der Waals surface area contributed by atoms with Crippen LogP contribution in [0.2, 0.25) is 0 Å². The first-order valence-electron chi connectivity index (χ1n) is 8.34. The lowest BCUT2D eigenvalue weighted by Crippen LogP contribution is -2.48. The molecule has 0 aromatic heterocycles. The molecule has 1 aromatic rings. The van der Waals surface area contributed by atoms with Crippen LogP contribution in [0.1, 0.15) is 12.8 Å². The highest BCUT2D eigenvalue weighted by Gasteiger charge is 2.22. The fraction of sp³-hybridized carbons (Fsp3) is 0.588. The van der Waals surface area contributed by atoms with Crippen LogP contribution < -0.4 is 15.5 Å². The third-order valence-electron chi connectivity index (χ3n) is 4.51. The summed E-state index contributed by atoms with van der Waals surface area (Å²) in [5.41, 5.74) is 1.33. The van der Waals surface area contributed by atoms with E-state index in [2.05, 4.69) is 50.8 Å². The minimum Gasteiger partial charge on any atom is -0.370 e. The molecular weight excluding hydrogens is 276 g/mol. The molecule has 120 valence electrons. The van der Waals surface area contributed by atoms with Gasteiger partial charge in [0.15, 0.2) is 0 Å². The van der Waals surface area contributed by atoms with Gasteiger partial charge < -0.3 is 15.5 Å². The highest BCUT2D eigenvalue weighted by atomic mass is 16.2. The molecule has 2 fully saturated rings. The number of amides is 1. The first-order chi connectivity index (χ1) is 10.8. The predicted octanol–water partition coefficient (Wildman–Crippen LogP) is 0.677. The Balaban J connectivity index is 1.32. The van der Waals surface area contributed by atoms with E-state index in [4.69, 9.17) is 0 Å². The lowest BCUT2D eigenvalue weighted by atomic mass is 10.2. The second-order valence-corrected chi connectivity index (χ2v) is 6.20. The minimum atomic E-state index is 0.161. The van der Waals surface area contributed by atoms with E-state index in [1.165, 1.54) is 12.1 Å². The second-order valence-electron chi connectivity index (χ2n) is 6.20. The highest BCUT2D eigenvalue weighted by Crippen LogP contribution is 2.19. The smallest absolute Gasteiger partial charge is 0.234 e. The first kappa shape index (κ1) is 15.3. The number of rotatable bonds is 6. The van der Waals surface area contributed by atoms with Gasteiger partial charge in [0, 0.05) is 37.9 Å². The van der Waals surface area contributed by atoms with E-state index in [0.717, 1.165) is 45.7 Å². The number of anilines is 1. The van der Waals surface area contributed by atoms with Crippen molar-refractivity contribution in [3.05, 3.63) is 30.3 Å². The molecule has 0 radical (unpaired) electrons. The monoisotopic (exact) mass is 302 g/mol. The Morgan fingerprint density at radius 1 is 1.23 bits per heavy atom. The van der Waals surface area contributed by atoms with Gasteiger partial charge in [-0.25, -0.2) is 0 Å². The summed E-state index contributed by atoms with van der Waals surface area (Å²) < 4.78 is 0. The normalized spacial score (nSPS) is 22.8. The molecule has 1 atom stereocenters. The van der Waals surface area contributed by atoms with E-state index in [1.54, 1.807) is 0 Å². The molecule has 0 saturated carbocycles. The summed E-state index contributed by atoms with van der Waals surface area (Å²) >= 11 is 0. The zero-order chi connectivity index (χ0) is 15.2. The van der Waals surface area contributed by atoms with E-state index in [-0.39, 0.29) is 5.91 Å². The maximum Gasteiger partial charge on any atom is 0.234 e. The molecule has 2 saturated heterocycles. The number of carbonyl (C=O) groups excluding carboxylic acids is 1. The second kappa shape index (κ2) is 7.61. The lowest BCUT2D eigenvalue weighted by molar-refractivity contribution is -0.124. The molecule has 0 spiro atoms. The average molecular weight is 302 g/mol. The molecule has 0 aliphatic carbocycles. The summed E-state index contributed by atoms with van der Waals surface area (Å²) in [7, 11) is 0. The summed E-state index contributed by atoms with van der Waals surface area (Å²) in [5.74, 6) is 0.161. The number of nitrogens with one attached hydrogen (secondary N) is 2. The number of para-hydroxylation sites is 1. The van der Waals surface area contributed by atoms with Crippen LogP contribution in [-0.2, 0) is 4.79 Å². The summed E-state index contributed by atoms with van der Waals surface area (Å²) in [4.78, 5) is 16.0. The Morgan fingerprint density at radius 2 is 2.09 bits per heavy atom. The van der Waals surface area contributed by atoms with Crippen LogP contribution >= 0.6 is 0 Å². The SMILES string of the molecule is O=C1CN(CCCNC2CCN(c3ccccc3)C2)CCN1. The molecule has 5 nitrogen and oxygen atoms in total. The molecule has 2 aliphatic heterocycles. The number of hydrogen-bond donors (Lipinski definition) is 2. The van der Waals surface area contributed by atoms with Crippen molar-refractivity contribution < 1.29 is 4.79 Å². The predicted molar refractivity (Wildman–Crippen MR) is 89.1 cm³/mol. The van der Waals surface area contributed by atoms with Gasteiger partial charge in [0.2, 0.25) is 5.91 Å². The average Bonchev–Trinajstić information content (AvgIpc) is 3.01. The summed E-state index contributed by atoms with van der Waals surface area (Å²) in [6, 6.07) is 11.2. The number of piperazine rings is 1. The molecule has 3 rings (SSSR count). The first-order valence-corrected chi connectivity index (χ1v) is 8.34. The molecular formula is C17H26N4O. The van der Waals surface area contributed by atoms with Gasteiger partial charge in [-0.1, -0.05) is 18.2 Å². The minimum absolute atomic E-state index is 0.161. The van der Waals surface area contributed by atoms with Crippen molar-refractivity contribution in [2.75, 3.05) is 50.7 Å². The van der Waals surface area contributed by atoms with Crippen molar-refractivity contribution >= 4 is 11.6 Å². The zero-order valence-corrected chi connectivity index (χ0v) is 13.1. The summed E-state index contributed by atoms with van der Waals surface area (Å²) in [6.07, 6.45) is 2.32. The van der Waals surface area contributed by atoms with E-state index in [9.17, 15) is 4.79 Å². The Bertz CT molecular complexity index is 479. The quantitative estimate of drug-likeness (QED) is 0.759. The van der Waals surface area contributed by atoms with Gasteiger partial charge in [0.25, 0.3) is 0 Å². The van der Waals surface area contributed by atoms with Crippen LogP contribution in [0.3, 0.4) is 0 Å². The van der Waals surface area contributed by atoms with Crippen molar-refractivity contribution in [1.82, 2.24) is 15.5 Å². The molecule has 0 bridgehead atoms. The number of benzene rings is 1. The Kier molecular flexibility index (Phi) is 5.29. The largest absolute Gasteiger partial charge is 0.370 e. The molecule has 2 N–H and O–H groups in total. The van der Waals surface area contributed by atoms with Gasteiger partial charge in [-0.15, -0.1) is 0 Å². The van der Waals surface area contributed by atoms with Gasteiger partial charge in [0.1, 0.15) is 0 Å². The van der Waals surface area contributed by atoms with E-state index in [0.29, 0.717) is 12.6 Å². The van der Waals surface area contributed by atoms with Crippen molar-refractivity contribution in [3.8, 4) is 0 Å². The van der Waals surface area contributed by atoms with Crippen LogP contribution in [0.4, 0.5) is 5.69 Å². The third-order valence-corrected chi connectivity index (χ3v) is 4.51. The fourth-order valence-corrected chi connectivity index (χ4v) is 3.29. The molecule has 1 amide bonds. The number of carbonyl (C=O) groups is 1. The Hall–Kier alpha value is -1.59. The van der Waals surface area contributed by atoms with Crippen LogP contribution in [0, 0.1) is 0 Å². The topological polar surface area (TPSA) is 47.6 Å². The van der Waals surface area contributed by atoms with Crippen molar-refractivity contribution in [2.45, 2.75) is 18.9 Å². The van der Waals surface area contributed by atoms with E-state index < -0.39 is 0 Å². The van der Waals surface area contributed by atoms with Crippen LogP contribution in [-0.4, -0.2) is 62.7 Å². The fourth-order valence-electron chi connectivity index (χ4n) is 3.29. The summed E-state index contributed by atoms with van der Waals surface area (Å²) in [6.45, 7) is 6.61. The van der Waals surface area contributed by atoms with Crippen molar-refractivity contribution in [3.63, 3.8) is 0 Å². The standard InChI is InChI=1S/C17H26N4O/c22-17-14-20(12-9-19-17)10-4-8-18-15-7-11-21(13-15)16-5-2-1-3-6-16/h1-3,5-6,15,18H,4,7-14H2,(H,19,22). The zero-order valence-electron chi connectivity index (χ0n) is 13.1. The van der Waals surface area contributed by atoms with E-state index in [1.807, 2.05) is 0 Å². The molecule has 1 unspecified atom stereocenters. The lowest BCUT2D eigenvalue weighted by Gasteiger charge is -2.26. The van der Waals surface area contributed by atoms with Gasteiger partial charge >= 0.3 is 0 Å². The maximum absolute atomic E-state index is 11.3. The van der Waals surface area contributed by atoms with Crippen LogP contribution in [0.5, 0.6) is 0 Å². The van der Waals surface area contributed by atoms with Crippen molar-refractivity contribution in [2.24, 2.45) is 0 Å². The maximum atomic E-state index is 11.3. The van der Waals surface area contributed by atoms with Crippen LogP contribution in [0.15, 0.2) is 30.3 Å². The van der Waals surface area contributed by atoms with Crippen LogP contribution in [0.25, 0.3) is 0 Å². The third kappa shape index (κ3) is 4.21. The molecule has 2 aliphatic rings. The van der Waals surface area contributed by atoms with Gasteiger partial charge in [0.05, 0.1) is 6.54 Å². The number of nitrogens with zero attached hydrogens (tertiary/aromatic N) is 2. The van der Waals surface area contributed by atoms with Crippen molar-refractivity contribution in [1.29, 1.82) is 0 Å². The molecule has 22 heavy (non-hydrogen) atoms. The van der Waals surface area contributed by atoms with Gasteiger partial charge in [-0.3, -0.25) is 9.69 Å². The number of hydrogen-bond acceptors (Lipinski definition) is 4. The van der Waals surface area contributed by atoms with Gasteiger partial charge in [-0.2, -0.15) is 0 Å². The molecule has 2 heterocycles.